The van der Waals surface area contributed by atoms with Gasteiger partial charge in [-0.2, -0.15) is 0 Å². The molecule has 0 saturated heterocycles. The molecular weight excluding hydrogens is 631 g/mol. The molecule has 6 aromatic rings. The Morgan fingerprint density at radius 3 is 1.11 bits per heavy atom. The summed E-state index contributed by atoms with van der Waals surface area (Å²) in [7, 11) is -1.39. The van der Waals surface area contributed by atoms with E-state index in [-0.39, 0.29) is 0 Å². The molecule has 0 heterocycles. The SMILES string of the molecule is Cc1cc(-c2ccc(-c3ccccc3)cc2)cc(C)c1N.Cc1cc(Br)cc(C)c1N.OB(O)c1ccc(-c2ccccc2)cc1. The van der Waals surface area contributed by atoms with Crippen molar-refractivity contribution in [3.63, 3.8) is 0 Å². The van der Waals surface area contributed by atoms with Crippen LogP contribution in [0.5, 0.6) is 0 Å². The van der Waals surface area contributed by atoms with E-state index in [0.717, 1.165) is 49.2 Å². The summed E-state index contributed by atoms with van der Waals surface area (Å²) >= 11 is 3.39. The van der Waals surface area contributed by atoms with Gasteiger partial charge in [0.1, 0.15) is 0 Å². The molecule has 0 aliphatic heterocycles. The van der Waals surface area contributed by atoms with Gasteiger partial charge < -0.3 is 21.5 Å². The first kappa shape index (κ1) is 34.3. The summed E-state index contributed by atoms with van der Waals surface area (Å²) in [6.45, 7) is 8.13. The Labute approximate surface area is 281 Å². The van der Waals surface area contributed by atoms with E-state index in [0.29, 0.717) is 5.46 Å². The van der Waals surface area contributed by atoms with E-state index in [2.05, 4.69) is 90.4 Å². The first-order valence-corrected chi connectivity index (χ1v) is 15.9. The second-order valence-electron chi connectivity index (χ2n) is 11.3. The fourth-order valence-corrected chi connectivity index (χ4v) is 5.71. The first-order chi connectivity index (χ1) is 22.0. The lowest BCUT2D eigenvalue weighted by molar-refractivity contribution is 0.426. The molecule has 0 amide bonds. The Kier molecular flexibility index (Phi) is 12.0. The van der Waals surface area contributed by atoms with Crippen LogP contribution in [-0.4, -0.2) is 17.2 Å². The first-order valence-electron chi connectivity index (χ1n) is 15.1. The molecule has 6 rings (SSSR count). The molecule has 4 nitrogen and oxygen atoms in total. The molecular formula is C40H40BBrN2O2. The van der Waals surface area contributed by atoms with Crippen molar-refractivity contribution >= 4 is 39.9 Å². The van der Waals surface area contributed by atoms with Crippen molar-refractivity contribution in [2.75, 3.05) is 11.5 Å². The molecule has 46 heavy (non-hydrogen) atoms. The lowest BCUT2D eigenvalue weighted by Gasteiger charge is -2.10. The van der Waals surface area contributed by atoms with Crippen molar-refractivity contribution in [2.45, 2.75) is 27.7 Å². The van der Waals surface area contributed by atoms with Crippen molar-refractivity contribution in [3.05, 3.63) is 160 Å². The lowest BCUT2D eigenvalue weighted by Crippen LogP contribution is -2.29. The minimum absolute atomic E-state index is 0.509. The summed E-state index contributed by atoms with van der Waals surface area (Å²) in [5, 5.41) is 17.9. The van der Waals surface area contributed by atoms with Gasteiger partial charge in [-0.05, 0) is 113 Å². The third-order valence-corrected chi connectivity index (χ3v) is 8.25. The highest BCUT2D eigenvalue weighted by Gasteiger charge is 2.10. The summed E-state index contributed by atoms with van der Waals surface area (Å²) in [6, 6.07) is 44.6. The minimum atomic E-state index is -1.39. The predicted octanol–water partition coefficient (Wildman–Crippen LogP) is 8.90. The maximum Gasteiger partial charge on any atom is 0.488 e. The molecule has 0 aliphatic rings. The normalized spacial score (nSPS) is 10.2. The number of nitrogen functional groups attached to an aromatic ring is 2. The van der Waals surface area contributed by atoms with Gasteiger partial charge in [-0.15, -0.1) is 0 Å². The third-order valence-electron chi connectivity index (χ3n) is 7.79. The van der Waals surface area contributed by atoms with E-state index < -0.39 is 7.12 Å². The van der Waals surface area contributed by atoms with E-state index >= 15 is 0 Å². The van der Waals surface area contributed by atoms with Crippen molar-refractivity contribution in [2.24, 2.45) is 0 Å². The van der Waals surface area contributed by atoms with Crippen LogP contribution in [0.25, 0.3) is 33.4 Å². The van der Waals surface area contributed by atoms with Gasteiger partial charge in [0.2, 0.25) is 0 Å². The molecule has 0 radical (unpaired) electrons. The lowest BCUT2D eigenvalue weighted by atomic mass is 9.80. The second-order valence-corrected chi connectivity index (χ2v) is 12.2. The summed E-state index contributed by atoms with van der Waals surface area (Å²) in [6.07, 6.45) is 0. The average molecular weight is 671 g/mol. The van der Waals surface area contributed by atoms with Gasteiger partial charge in [0.25, 0.3) is 0 Å². The zero-order valence-corrected chi connectivity index (χ0v) is 28.3. The molecule has 0 aliphatic carbocycles. The van der Waals surface area contributed by atoms with Gasteiger partial charge in [-0.3, -0.25) is 0 Å². The van der Waals surface area contributed by atoms with Crippen molar-refractivity contribution in [1.29, 1.82) is 0 Å². The molecule has 6 heteroatoms. The number of hydrogen-bond donors (Lipinski definition) is 4. The van der Waals surface area contributed by atoms with E-state index in [1.54, 1.807) is 12.1 Å². The van der Waals surface area contributed by atoms with Crippen LogP contribution < -0.4 is 16.9 Å². The molecule has 0 aromatic heterocycles. The summed E-state index contributed by atoms with van der Waals surface area (Å²) < 4.78 is 1.09. The third kappa shape index (κ3) is 9.21. The molecule has 232 valence electrons. The van der Waals surface area contributed by atoms with Gasteiger partial charge in [0.15, 0.2) is 0 Å². The van der Waals surface area contributed by atoms with Gasteiger partial charge in [-0.25, -0.2) is 0 Å². The summed E-state index contributed by atoms with van der Waals surface area (Å²) in [5.74, 6) is 0. The van der Waals surface area contributed by atoms with Crippen molar-refractivity contribution in [1.82, 2.24) is 0 Å². The smallest absolute Gasteiger partial charge is 0.423 e. The number of halogens is 1. The van der Waals surface area contributed by atoms with Crippen molar-refractivity contribution in [3.8, 4) is 33.4 Å². The predicted molar refractivity (Wildman–Crippen MR) is 201 cm³/mol. The molecule has 0 bridgehead atoms. The Morgan fingerprint density at radius 2 is 0.739 bits per heavy atom. The second kappa shape index (κ2) is 16.1. The van der Waals surface area contributed by atoms with Gasteiger partial charge in [-0.1, -0.05) is 125 Å². The highest BCUT2D eigenvalue weighted by molar-refractivity contribution is 9.10. The van der Waals surface area contributed by atoms with Crippen molar-refractivity contribution < 1.29 is 10.0 Å². The maximum atomic E-state index is 8.94. The van der Waals surface area contributed by atoms with Crippen LogP contribution >= 0.6 is 15.9 Å². The molecule has 0 atom stereocenters. The number of rotatable bonds is 4. The number of nitrogens with two attached hydrogens (primary N) is 2. The highest BCUT2D eigenvalue weighted by Crippen LogP contribution is 2.29. The number of anilines is 2. The Morgan fingerprint density at radius 1 is 0.435 bits per heavy atom. The fourth-order valence-electron chi connectivity index (χ4n) is 5.03. The van der Waals surface area contributed by atoms with Crippen LogP contribution in [0.3, 0.4) is 0 Å². The van der Waals surface area contributed by atoms with Crippen LogP contribution in [0.2, 0.25) is 0 Å². The fraction of sp³-hybridized carbons (Fsp3) is 0.100. The summed E-state index contributed by atoms with van der Waals surface area (Å²) in [5.41, 5.74) is 25.7. The zero-order chi connectivity index (χ0) is 33.2. The molecule has 6 N–H and O–H groups in total. The van der Waals surface area contributed by atoms with Crippen LogP contribution in [0.15, 0.2) is 138 Å². The molecule has 0 unspecified atom stereocenters. The van der Waals surface area contributed by atoms with E-state index in [9.17, 15) is 0 Å². The van der Waals surface area contributed by atoms with E-state index in [1.165, 1.54) is 22.3 Å². The standard InChI is InChI=1S/C20H19N.C12H11BO2.C8H10BrN/c1-14-12-19(13-15(2)20(14)21)18-10-8-17(9-11-18)16-6-4-3-5-7-16;14-13(15)12-8-6-11(7-9-12)10-4-2-1-3-5-10;1-5-3-7(9)4-6(2)8(5)10/h3-13H,21H2,1-2H3;1-9,14-15H;3-4H,10H2,1-2H3. The number of benzene rings is 6. The molecule has 0 fully saturated rings. The zero-order valence-electron chi connectivity index (χ0n) is 26.7. The number of hydrogen-bond acceptors (Lipinski definition) is 4. The average Bonchev–Trinajstić information content (AvgIpc) is 3.07. The van der Waals surface area contributed by atoms with Gasteiger partial charge in [0.05, 0.1) is 0 Å². The molecule has 0 saturated carbocycles. The van der Waals surface area contributed by atoms with E-state index in [1.807, 2.05) is 74.5 Å². The Balaban J connectivity index is 0.000000168. The van der Waals surface area contributed by atoms with Crippen LogP contribution in [-0.2, 0) is 0 Å². The topological polar surface area (TPSA) is 92.5 Å². The summed E-state index contributed by atoms with van der Waals surface area (Å²) in [4.78, 5) is 0. The van der Waals surface area contributed by atoms with Crippen LogP contribution in [0, 0.1) is 27.7 Å². The van der Waals surface area contributed by atoms with Gasteiger partial charge in [0, 0.05) is 15.8 Å². The van der Waals surface area contributed by atoms with Crippen LogP contribution in [0.4, 0.5) is 11.4 Å². The Hall–Kier alpha value is -4.62. The maximum absolute atomic E-state index is 8.94. The number of aryl methyl sites for hydroxylation is 4. The highest BCUT2D eigenvalue weighted by atomic mass is 79.9. The monoisotopic (exact) mass is 670 g/mol. The minimum Gasteiger partial charge on any atom is -0.423 e. The largest absolute Gasteiger partial charge is 0.488 e. The Bertz CT molecular complexity index is 1810. The van der Waals surface area contributed by atoms with Gasteiger partial charge >= 0.3 is 7.12 Å². The molecule has 6 aromatic carbocycles. The van der Waals surface area contributed by atoms with Crippen LogP contribution in [0.1, 0.15) is 22.3 Å². The molecule has 0 spiro atoms. The van der Waals surface area contributed by atoms with E-state index in [4.69, 9.17) is 21.5 Å². The quantitative estimate of drug-likeness (QED) is 0.111.